The van der Waals surface area contributed by atoms with E-state index in [4.69, 9.17) is 4.74 Å². The van der Waals surface area contributed by atoms with Gasteiger partial charge in [0.05, 0.1) is 29.9 Å². The topological polar surface area (TPSA) is 63.0 Å². The molecule has 2 aromatic rings. The van der Waals surface area contributed by atoms with Crippen molar-refractivity contribution in [2.45, 2.75) is 38.7 Å². The molecule has 1 aliphatic heterocycles. The molecule has 0 bridgehead atoms. The Morgan fingerprint density at radius 2 is 2.32 bits per heavy atom. The van der Waals surface area contributed by atoms with Gasteiger partial charge in [0.15, 0.2) is 11.7 Å². The third kappa shape index (κ3) is 2.84. The average Bonchev–Trinajstić information content (AvgIpc) is 3.14. The number of nitriles is 1. The second kappa shape index (κ2) is 6.29. The van der Waals surface area contributed by atoms with Crippen molar-refractivity contribution in [3.63, 3.8) is 0 Å². The number of hydrogen-bond donors (Lipinski definition) is 0. The third-order valence-electron chi connectivity index (χ3n) is 3.64. The molecule has 3 heterocycles. The molecular weight excluding hydrogens is 316 g/mol. The van der Waals surface area contributed by atoms with Crippen molar-refractivity contribution in [2.24, 2.45) is 0 Å². The number of ketones is 1. The van der Waals surface area contributed by atoms with Gasteiger partial charge in [0.25, 0.3) is 0 Å². The van der Waals surface area contributed by atoms with Crippen LogP contribution in [0.2, 0.25) is 0 Å². The molecule has 0 aromatic carbocycles. The van der Waals surface area contributed by atoms with E-state index in [9.17, 15) is 10.1 Å². The maximum Gasteiger partial charge on any atom is 0.196 e. The van der Waals surface area contributed by atoms with E-state index < -0.39 is 5.92 Å². The molecule has 0 radical (unpaired) electrons. The van der Waals surface area contributed by atoms with E-state index in [1.165, 1.54) is 27.6 Å². The van der Waals surface area contributed by atoms with Crippen LogP contribution in [0, 0.1) is 11.3 Å². The maximum atomic E-state index is 12.7. The van der Waals surface area contributed by atoms with Gasteiger partial charge in [-0.2, -0.15) is 5.26 Å². The summed E-state index contributed by atoms with van der Waals surface area (Å²) in [5.74, 6) is -0.657. The number of thiazole rings is 1. The lowest BCUT2D eigenvalue weighted by Gasteiger charge is -2.10. The lowest BCUT2D eigenvalue weighted by molar-refractivity contribution is 0.0982. The van der Waals surface area contributed by atoms with Gasteiger partial charge in [-0.25, -0.2) is 4.98 Å². The quantitative estimate of drug-likeness (QED) is 0.797. The number of thiophene rings is 1. The fourth-order valence-corrected chi connectivity index (χ4v) is 4.48. The summed E-state index contributed by atoms with van der Waals surface area (Å²) in [7, 11) is 0. The molecule has 114 valence electrons. The Bertz CT molecular complexity index is 716. The van der Waals surface area contributed by atoms with Gasteiger partial charge >= 0.3 is 0 Å². The summed E-state index contributed by atoms with van der Waals surface area (Å²) >= 11 is 2.89. The van der Waals surface area contributed by atoms with E-state index in [0.717, 1.165) is 17.7 Å². The van der Waals surface area contributed by atoms with Crippen molar-refractivity contribution < 1.29 is 9.53 Å². The van der Waals surface area contributed by atoms with Crippen molar-refractivity contribution >= 4 is 28.5 Å². The van der Waals surface area contributed by atoms with Crippen LogP contribution < -0.4 is 0 Å². The second-order valence-corrected chi connectivity index (χ2v) is 7.58. The van der Waals surface area contributed by atoms with Gasteiger partial charge in [0.1, 0.15) is 5.01 Å². The van der Waals surface area contributed by atoms with E-state index in [1.54, 1.807) is 0 Å². The minimum atomic E-state index is -0.807. The molecule has 1 unspecified atom stereocenters. The predicted molar refractivity (Wildman–Crippen MR) is 86.6 cm³/mol. The van der Waals surface area contributed by atoms with Crippen LogP contribution in [0.5, 0.6) is 0 Å². The van der Waals surface area contributed by atoms with E-state index in [1.807, 2.05) is 11.4 Å². The van der Waals surface area contributed by atoms with E-state index in [-0.39, 0.29) is 5.78 Å². The largest absolute Gasteiger partial charge is 0.376 e. The summed E-state index contributed by atoms with van der Waals surface area (Å²) in [6.07, 6.45) is 0.846. The first kappa shape index (κ1) is 15.3. The highest BCUT2D eigenvalue weighted by Crippen LogP contribution is 2.32. The third-order valence-corrected chi connectivity index (χ3v) is 5.82. The summed E-state index contributed by atoms with van der Waals surface area (Å²) < 4.78 is 5.41. The Morgan fingerprint density at radius 3 is 2.95 bits per heavy atom. The number of carbonyl (C=O) groups is 1. The van der Waals surface area contributed by atoms with Crippen LogP contribution >= 0.6 is 22.7 Å². The molecule has 4 nitrogen and oxygen atoms in total. The molecule has 0 fully saturated rings. The van der Waals surface area contributed by atoms with Gasteiger partial charge in [-0.1, -0.05) is 13.8 Å². The molecular formula is C16H16N2O2S2. The highest BCUT2D eigenvalue weighted by atomic mass is 32.1. The molecule has 0 aliphatic carbocycles. The van der Waals surface area contributed by atoms with E-state index in [0.29, 0.717) is 29.0 Å². The zero-order chi connectivity index (χ0) is 15.7. The molecule has 0 spiro atoms. The van der Waals surface area contributed by atoms with E-state index >= 15 is 0 Å². The number of fused-ring (bicyclic) bond motifs is 1. The smallest absolute Gasteiger partial charge is 0.196 e. The van der Waals surface area contributed by atoms with Crippen LogP contribution in [-0.2, 0) is 17.8 Å². The Labute approximate surface area is 137 Å². The van der Waals surface area contributed by atoms with Crippen molar-refractivity contribution in [1.29, 1.82) is 5.26 Å². The summed E-state index contributed by atoms with van der Waals surface area (Å²) in [4.78, 5) is 19.0. The van der Waals surface area contributed by atoms with Gasteiger partial charge in [-0.15, -0.1) is 22.7 Å². The summed E-state index contributed by atoms with van der Waals surface area (Å²) in [5.41, 5.74) is 2.02. The van der Waals surface area contributed by atoms with Crippen LogP contribution in [0.1, 0.15) is 56.5 Å². The number of aromatic nitrogens is 1. The Hall–Kier alpha value is -1.55. The zero-order valence-electron chi connectivity index (χ0n) is 12.5. The zero-order valence-corrected chi connectivity index (χ0v) is 14.1. The SMILES string of the molecule is CC(C)c1csc(C(C#N)C(=O)c2cc3c(s2)CCOC3)n1. The van der Waals surface area contributed by atoms with E-state index in [2.05, 4.69) is 24.9 Å². The monoisotopic (exact) mass is 332 g/mol. The molecule has 0 N–H and O–H groups in total. The minimum Gasteiger partial charge on any atom is -0.376 e. The fraction of sp³-hybridized carbons (Fsp3) is 0.438. The van der Waals surface area contributed by atoms with Gasteiger partial charge in [-0.05, 0) is 17.5 Å². The highest BCUT2D eigenvalue weighted by Gasteiger charge is 2.28. The molecule has 1 atom stereocenters. The molecule has 2 aromatic heterocycles. The first-order valence-corrected chi connectivity index (χ1v) is 8.88. The Balaban J connectivity index is 1.88. The number of nitrogens with zero attached hydrogens (tertiary/aromatic N) is 2. The number of ether oxygens (including phenoxy) is 1. The van der Waals surface area contributed by atoms with Crippen molar-refractivity contribution in [2.75, 3.05) is 6.61 Å². The molecule has 22 heavy (non-hydrogen) atoms. The summed E-state index contributed by atoms with van der Waals surface area (Å²) in [5, 5.41) is 12.0. The Morgan fingerprint density at radius 1 is 1.50 bits per heavy atom. The molecule has 6 heteroatoms. The first-order valence-electron chi connectivity index (χ1n) is 7.18. The summed E-state index contributed by atoms with van der Waals surface area (Å²) in [6.45, 7) is 5.36. The molecule has 0 amide bonds. The highest BCUT2D eigenvalue weighted by molar-refractivity contribution is 7.14. The van der Waals surface area contributed by atoms with Crippen molar-refractivity contribution in [3.05, 3.63) is 37.5 Å². The van der Waals surface area contributed by atoms with Gasteiger partial charge in [-0.3, -0.25) is 4.79 Å². The van der Waals surface area contributed by atoms with Crippen LogP contribution in [0.4, 0.5) is 0 Å². The van der Waals surface area contributed by atoms with Crippen LogP contribution in [0.3, 0.4) is 0 Å². The van der Waals surface area contributed by atoms with Gasteiger partial charge < -0.3 is 4.74 Å². The van der Waals surface area contributed by atoms with Crippen LogP contribution in [0.15, 0.2) is 11.4 Å². The fourth-order valence-electron chi connectivity index (χ4n) is 2.34. The lowest BCUT2D eigenvalue weighted by Crippen LogP contribution is -2.10. The van der Waals surface area contributed by atoms with Crippen LogP contribution in [-0.4, -0.2) is 17.4 Å². The van der Waals surface area contributed by atoms with Crippen LogP contribution in [0.25, 0.3) is 0 Å². The first-order chi connectivity index (χ1) is 10.6. The number of hydrogen-bond acceptors (Lipinski definition) is 6. The molecule has 0 saturated carbocycles. The lowest BCUT2D eigenvalue weighted by atomic mass is 10.0. The summed E-state index contributed by atoms with van der Waals surface area (Å²) in [6, 6.07) is 4.00. The van der Waals surface area contributed by atoms with Crippen molar-refractivity contribution in [3.8, 4) is 6.07 Å². The number of carbonyl (C=O) groups excluding carboxylic acids is 1. The van der Waals surface area contributed by atoms with Gasteiger partial charge in [0, 0.05) is 16.7 Å². The predicted octanol–water partition coefficient (Wildman–Crippen LogP) is 3.89. The Kier molecular flexibility index (Phi) is 4.39. The second-order valence-electron chi connectivity index (χ2n) is 5.55. The van der Waals surface area contributed by atoms with Crippen molar-refractivity contribution in [1.82, 2.24) is 4.98 Å². The average molecular weight is 332 g/mol. The minimum absolute atomic E-state index is 0.147. The molecule has 1 aliphatic rings. The molecule has 3 rings (SSSR count). The number of rotatable bonds is 4. The number of Topliss-reactive ketones (excluding diaryl/α,β-unsaturated/α-hetero) is 1. The normalized spacial score (nSPS) is 15.4. The standard InChI is InChI=1S/C16H16N2O2S2/c1-9(2)12-8-21-16(18-12)11(6-17)15(19)14-5-10-7-20-4-3-13(10)22-14/h5,8-9,11H,3-4,7H2,1-2H3. The van der Waals surface area contributed by atoms with Gasteiger partial charge in [0.2, 0.25) is 0 Å². The molecule has 0 saturated heterocycles. The maximum absolute atomic E-state index is 12.7.